The summed E-state index contributed by atoms with van der Waals surface area (Å²) in [4.78, 5) is 24.5. The Kier molecular flexibility index (Phi) is 6.86. The zero-order valence-corrected chi connectivity index (χ0v) is 19.7. The van der Waals surface area contributed by atoms with E-state index in [0.29, 0.717) is 37.7 Å². The van der Waals surface area contributed by atoms with Crippen LogP contribution in [0, 0.1) is 5.92 Å². The third-order valence-electron chi connectivity index (χ3n) is 6.17. The van der Waals surface area contributed by atoms with Crippen LogP contribution in [0.25, 0.3) is 10.9 Å². The van der Waals surface area contributed by atoms with Crippen LogP contribution in [-0.2, 0) is 11.2 Å². The van der Waals surface area contributed by atoms with E-state index in [1.165, 1.54) is 0 Å². The smallest absolute Gasteiger partial charge is 0.257 e. The minimum absolute atomic E-state index is 0.0596. The topological polar surface area (TPSA) is 76.6 Å². The van der Waals surface area contributed by atoms with Crippen LogP contribution in [0.5, 0.6) is 5.75 Å². The van der Waals surface area contributed by atoms with Crippen molar-refractivity contribution < 1.29 is 14.3 Å². The van der Waals surface area contributed by atoms with E-state index in [9.17, 15) is 4.79 Å². The molecule has 1 amide bonds. The average Bonchev–Trinajstić information content (AvgIpc) is 3.14. The predicted octanol–water partition coefficient (Wildman–Crippen LogP) is 4.71. The molecule has 7 heteroatoms. The van der Waals surface area contributed by atoms with Gasteiger partial charge in [-0.25, -0.2) is 4.98 Å². The van der Waals surface area contributed by atoms with Crippen LogP contribution in [0.1, 0.15) is 15.9 Å². The maximum absolute atomic E-state index is 13.6. The second kappa shape index (κ2) is 10.5. The van der Waals surface area contributed by atoms with E-state index in [0.717, 1.165) is 34.3 Å². The Bertz CT molecular complexity index is 1330. The highest BCUT2D eigenvalue weighted by Gasteiger charge is 2.26. The first-order valence-corrected chi connectivity index (χ1v) is 11.8. The lowest BCUT2D eigenvalue weighted by Gasteiger charge is -2.24. The number of anilines is 2. The molecule has 2 aromatic heterocycles. The maximum atomic E-state index is 13.6. The first-order valence-electron chi connectivity index (χ1n) is 11.8. The fourth-order valence-corrected chi connectivity index (χ4v) is 4.44. The number of aromatic nitrogens is 2. The summed E-state index contributed by atoms with van der Waals surface area (Å²) in [5.41, 5.74) is 3.47. The second-order valence-electron chi connectivity index (χ2n) is 8.69. The van der Waals surface area contributed by atoms with E-state index in [-0.39, 0.29) is 11.8 Å². The number of amides is 1. The number of nitrogens with one attached hydrogen (secondary N) is 1. The van der Waals surface area contributed by atoms with Crippen molar-refractivity contribution in [1.82, 2.24) is 14.9 Å². The van der Waals surface area contributed by atoms with E-state index in [4.69, 9.17) is 9.47 Å². The molecule has 1 N–H and O–H groups in total. The van der Waals surface area contributed by atoms with Crippen molar-refractivity contribution in [1.29, 1.82) is 0 Å². The lowest BCUT2D eigenvalue weighted by molar-refractivity contribution is 0.0738. The average molecular weight is 469 g/mol. The lowest BCUT2D eigenvalue weighted by atomic mass is 9.99. The Morgan fingerprint density at radius 3 is 2.94 bits per heavy atom. The molecule has 0 unspecified atom stereocenters. The highest BCUT2D eigenvalue weighted by Crippen LogP contribution is 2.24. The van der Waals surface area contributed by atoms with Crippen LogP contribution in [0.4, 0.5) is 11.5 Å². The number of hydrogen-bond acceptors (Lipinski definition) is 6. The van der Waals surface area contributed by atoms with Gasteiger partial charge in [0.25, 0.3) is 5.91 Å². The summed E-state index contributed by atoms with van der Waals surface area (Å²) in [6.45, 7) is 2.27. The number of fused-ring (bicyclic) bond motifs is 1. The number of benzene rings is 2. The molecule has 35 heavy (non-hydrogen) atoms. The molecule has 0 spiro atoms. The van der Waals surface area contributed by atoms with E-state index in [1.54, 1.807) is 19.4 Å². The summed E-state index contributed by atoms with van der Waals surface area (Å²) in [5, 5.41) is 4.39. The number of rotatable bonds is 6. The van der Waals surface area contributed by atoms with E-state index >= 15 is 0 Å². The fourth-order valence-electron chi connectivity index (χ4n) is 4.44. The van der Waals surface area contributed by atoms with Gasteiger partial charge in [0, 0.05) is 48.5 Å². The monoisotopic (exact) mass is 468 g/mol. The standard InChI is InChI=1S/C28H28N4O3/c1-34-24-8-4-7-23(16-24)31-27-25(9-5-11-29-27)28(33)32-12-13-35-19-21(18-32)14-20-15-22-6-2-3-10-26(22)30-17-20/h2-11,15-17,21H,12-14,18-19H2,1H3,(H,29,31)/t21-/m0/s1. The number of pyridine rings is 2. The van der Waals surface area contributed by atoms with Gasteiger partial charge in [-0.3, -0.25) is 9.78 Å². The molecular weight excluding hydrogens is 440 g/mol. The van der Waals surface area contributed by atoms with Gasteiger partial charge in [-0.2, -0.15) is 0 Å². The molecule has 1 aliphatic rings. The largest absolute Gasteiger partial charge is 0.497 e. The Balaban J connectivity index is 1.33. The van der Waals surface area contributed by atoms with Gasteiger partial charge in [0.2, 0.25) is 0 Å². The minimum Gasteiger partial charge on any atom is -0.497 e. The van der Waals surface area contributed by atoms with Crippen LogP contribution in [0.15, 0.2) is 79.1 Å². The van der Waals surface area contributed by atoms with Crippen molar-refractivity contribution in [2.45, 2.75) is 6.42 Å². The normalized spacial score (nSPS) is 16.0. The molecule has 2 aromatic carbocycles. The van der Waals surface area contributed by atoms with Gasteiger partial charge >= 0.3 is 0 Å². The third kappa shape index (κ3) is 5.41. The summed E-state index contributed by atoms with van der Waals surface area (Å²) in [6, 6.07) is 21.4. The van der Waals surface area contributed by atoms with Gasteiger partial charge < -0.3 is 19.7 Å². The van der Waals surface area contributed by atoms with Gasteiger partial charge in [0.15, 0.2) is 0 Å². The number of hydrogen-bond donors (Lipinski definition) is 1. The van der Waals surface area contributed by atoms with Crippen LogP contribution >= 0.6 is 0 Å². The molecule has 5 rings (SSSR count). The molecule has 4 aromatic rings. The number of carbonyl (C=O) groups excluding carboxylic acids is 1. The SMILES string of the molecule is COc1cccc(Nc2ncccc2C(=O)N2CCOC[C@@H](Cc3cnc4ccccc4c3)C2)c1. The quantitative estimate of drug-likeness (QED) is 0.442. The molecule has 7 nitrogen and oxygen atoms in total. The van der Waals surface area contributed by atoms with Gasteiger partial charge in [-0.1, -0.05) is 24.3 Å². The molecule has 0 aliphatic carbocycles. The van der Waals surface area contributed by atoms with E-state index < -0.39 is 0 Å². The molecule has 0 bridgehead atoms. The van der Waals surface area contributed by atoms with Crippen molar-refractivity contribution >= 4 is 28.3 Å². The molecule has 1 atom stereocenters. The Morgan fingerprint density at radius 2 is 2.03 bits per heavy atom. The molecule has 178 valence electrons. The van der Waals surface area contributed by atoms with Crippen LogP contribution in [0.2, 0.25) is 0 Å². The summed E-state index contributed by atoms with van der Waals surface area (Å²) in [7, 11) is 1.63. The number of methoxy groups -OCH3 is 1. The molecular formula is C28H28N4O3. The summed E-state index contributed by atoms with van der Waals surface area (Å²) in [6.07, 6.45) is 4.40. The molecule has 1 aliphatic heterocycles. The summed E-state index contributed by atoms with van der Waals surface area (Å²) in [5.74, 6) is 1.37. The molecule has 0 saturated carbocycles. The predicted molar refractivity (Wildman–Crippen MR) is 136 cm³/mol. The zero-order chi connectivity index (χ0) is 24.0. The van der Waals surface area contributed by atoms with Gasteiger partial charge in [0.1, 0.15) is 11.6 Å². The molecule has 3 heterocycles. The summed E-state index contributed by atoms with van der Waals surface area (Å²) >= 11 is 0. The van der Waals surface area contributed by atoms with Crippen LogP contribution in [0.3, 0.4) is 0 Å². The van der Waals surface area contributed by atoms with Gasteiger partial charge in [-0.05, 0) is 48.4 Å². The first-order chi connectivity index (χ1) is 17.2. The van der Waals surface area contributed by atoms with E-state index in [1.807, 2.05) is 59.6 Å². The highest BCUT2D eigenvalue weighted by atomic mass is 16.5. The van der Waals surface area contributed by atoms with Crippen molar-refractivity contribution in [3.8, 4) is 5.75 Å². The Labute approximate surface area is 204 Å². The van der Waals surface area contributed by atoms with Crippen molar-refractivity contribution in [3.63, 3.8) is 0 Å². The summed E-state index contributed by atoms with van der Waals surface area (Å²) < 4.78 is 11.2. The van der Waals surface area contributed by atoms with Gasteiger partial charge in [-0.15, -0.1) is 0 Å². The van der Waals surface area contributed by atoms with Crippen molar-refractivity contribution in [3.05, 3.63) is 90.3 Å². The zero-order valence-electron chi connectivity index (χ0n) is 19.7. The molecule has 1 fully saturated rings. The fraction of sp³-hybridized carbons (Fsp3) is 0.250. The Morgan fingerprint density at radius 1 is 1.11 bits per heavy atom. The second-order valence-corrected chi connectivity index (χ2v) is 8.69. The number of nitrogens with zero attached hydrogens (tertiary/aromatic N) is 3. The molecule has 1 saturated heterocycles. The van der Waals surface area contributed by atoms with Crippen LogP contribution < -0.4 is 10.1 Å². The minimum atomic E-state index is -0.0596. The van der Waals surface area contributed by atoms with E-state index in [2.05, 4.69) is 27.4 Å². The third-order valence-corrected chi connectivity index (χ3v) is 6.17. The van der Waals surface area contributed by atoms with Gasteiger partial charge in [0.05, 0.1) is 31.4 Å². The maximum Gasteiger partial charge on any atom is 0.257 e. The number of carbonyl (C=O) groups is 1. The van der Waals surface area contributed by atoms with Crippen LogP contribution in [-0.4, -0.2) is 54.2 Å². The highest BCUT2D eigenvalue weighted by molar-refractivity contribution is 5.99. The number of para-hydroxylation sites is 1. The van der Waals surface area contributed by atoms with Crippen molar-refractivity contribution in [2.24, 2.45) is 5.92 Å². The first kappa shape index (κ1) is 22.8. The van der Waals surface area contributed by atoms with Crippen molar-refractivity contribution in [2.75, 3.05) is 38.7 Å². The number of ether oxygens (including phenoxy) is 2. The lowest BCUT2D eigenvalue weighted by Crippen LogP contribution is -2.36. The molecule has 0 radical (unpaired) electrons. The Hall–Kier alpha value is -3.97.